The molecule has 1 N–H and O–H groups in total. The van der Waals surface area contributed by atoms with E-state index in [1.165, 1.54) is 154 Å². The Balaban J connectivity index is 4.53. The molecule has 0 fully saturated rings. The molecule has 0 saturated heterocycles. The van der Waals surface area contributed by atoms with Gasteiger partial charge in [0.1, 0.15) is 6.10 Å². The molecular formula is C53H105NO5. The van der Waals surface area contributed by atoms with Crippen molar-refractivity contribution in [2.24, 2.45) is 10.8 Å². The molecule has 0 aliphatic heterocycles. The molecule has 0 aromatic carbocycles. The third-order valence-electron chi connectivity index (χ3n) is 12.8. The minimum Gasteiger partial charge on any atom is -0.466 e. The topological polar surface area (TPSA) is 76.1 Å². The molecule has 0 amide bonds. The van der Waals surface area contributed by atoms with Gasteiger partial charge in [-0.2, -0.15) is 0 Å². The van der Waals surface area contributed by atoms with Crippen LogP contribution in [-0.2, 0) is 19.1 Å². The monoisotopic (exact) mass is 836 g/mol. The molecule has 0 heterocycles. The van der Waals surface area contributed by atoms with Crippen LogP contribution in [0.25, 0.3) is 0 Å². The minimum atomic E-state index is -0.435. The van der Waals surface area contributed by atoms with Gasteiger partial charge in [-0.15, -0.1) is 0 Å². The maximum absolute atomic E-state index is 13.5. The normalized spacial score (nSPS) is 12.2. The summed E-state index contributed by atoms with van der Waals surface area (Å²) >= 11 is 0. The first-order valence-electron chi connectivity index (χ1n) is 26.2. The molecule has 0 atom stereocenters. The summed E-state index contributed by atoms with van der Waals surface area (Å²) < 4.78 is 11.9. The van der Waals surface area contributed by atoms with E-state index >= 15 is 0 Å². The van der Waals surface area contributed by atoms with Crippen LogP contribution in [0.2, 0.25) is 0 Å². The van der Waals surface area contributed by atoms with Crippen molar-refractivity contribution in [3.05, 3.63) is 0 Å². The zero-order valence-electron chi connectivity index (χ0n) is 41.1. The zero-order valence-corrected chi connectivity index (χ0v) is 41.1. The number of esters is 2. The highest BCUT2D eigenvalue weighted by Gasteiger charge is 2.31. The summed E-state index contributed by atoms with van der Waals surface area (Å²) in [6.45, 7) is 19.7. The van der Waals surface area contributed by atoms with Crippen molar-refractivity contribution in [1.29, 1.82) is 0 Å². The number of carbonyl (C=O) groups is 2. The van der Waals surface area contributed by atoms with E-state index < -0.39 is 5.41 Å². The summed E-state index contributed by atoms with van der Waals surface area (Å²) in [7, 11) is 0. The molecule has 0 aromatic rings. The molecule has 0 radical (unpaired) electrons. The molecule has 0 unspecified atom stereocenters. The van der Waals surface area contributed by atoms with E-state index in [-0.39, 0.29) is 30.1 Å². The summed E-state index contributed by atoms with van der Waals surface area (Å²) in [5.74, 6) is -0.0166. The predicted molar refractivity (Wildman–Crippen MR) is 255 cm³/mol. The summed E-state index contributed by atoms with van der Waals surface area (Å²) in [4.78, 5) is 28.5. The summed E-state index contributed by atoms with van der Waals surface area (Å²) in [6, 6.07) is 0. The molecule has 0 rings (SSSR count). The first kappa shape index (κ1) is 57.9. The molecule has 59 heavy (non-hydrogen) atoms. The smallest absolute Gasteiger partial charge is 0.311 e. The minimum absolute atomic E-state index is 0.0145. The van der Waals surface area contributed by atoms with E-state index in [4.69, 9.17) is 9.47 Å². The Labute approximate surface area is 369 Å². The average Bonchev–Trinajstić information content (AvgIpc) is 3.21. The van der Waals surface area contributed by atoms with Crippen LogP contribution in [0.3, 0.4) is 0 Å². The summed E-state index contributed by atoms with van der Waals surface area (Å²) in [6.07, 6.45) is 42.5. The Hall–Kier alpha value is -1.14. The lowest BCUT2D eigenvalue weighted by molar-refractivity contribution is -0.161. The van der Waals surface area contributed by atoms with Gasteiger partial charge >= 0.3 is 11.9 Å². The summed E-state index contributed by atoms with van der Waals surface area (Å²) in [5.41, 5.74) is -0.294. The third kappa shape index (κ3) is 38.3. The van der Waals surface area contributed by atoms with Gasteiger partial charge in [-0.3, -0.25) is 9.59 Å². The van der Waals surface area contributed by atoms with Crippen molar-refractivity contribution >= 4 is 11.9 Å². The van der Waals surface area contributed by atoms with Crippen LogP contribution in [0.4, 0.5) is 0 Å². The van der Waals surface area contributed by atoms with Crippen molar-refractivity contribution in [3.8, 4) is 0 Å². The number of carbonyl (C=O) groups excluding carboxylic acids is 2. The van der Waals surface area contributed by atoms with Gasteiger partial charge in [0.2, 0.25) is 0 Å². The van der Waals surface area contributed by atoms with Gasteiger partial charge in [0.05, 0.1) is 12.0 Å². The van der Waals surface area contributed by atoms with E-state index in [0.717, 1.165) is 90.3 Å². The molecule has 0 spiro atoms. The largest absolute Gasteiger partial charge is 0.466 e. The number of rotatable bonds is 46. The molecule has 0 bridgehead atoms. The van der Waals surface area contributed by atoms with Crippen molar-refractivity contribution in [2.45, 2.75) is 286 Å². The zero-order chi connectivity index (χ0) is 43.7. The Kier molecular flexibility index (Phi) is 40.1. The summed E-state index contributed by atoms with van der Waals surface area (Å²) in [5, 5.41) is 9.39. The fourth-order valence-corrected chi connectivity index (χ4v) is 8.37. The Bertz CT molecular complexity index is 902. The van der Waals surface area contributed by atoms with Crippen LogP contribution < -0.4 is 0 Å². The maximum atomic E-state index is 13.5. The van der Waals surface area contributed by atoms with Crippen LogP contribution in [0.1, 0.15) is 280 Å². The van der Waals surface area contributed by atoms with Crippen LogP contribution in [0.15, 0.2) is 0 Å². The quantitative estimate of drug-likeness (QED) is 0.0486. The van der Waals surface area contributed by atoms with Gasteiger partial charge in [-0.05, 0) is 116 Å². The Morgan fingerprint density at radius 1 is 0.492 bits per heavy atom. The number of aliphatic hydroxyl groups excluding tert-OH is 1. The van der Waals surface area contributed by atoms with Crippen molar-refractivity contribution in [3.63, 3.8) is 0 Å². The highest BCUT2D eigenvalue weighted by molar-refractivity contribution is 5.76. The standard InChI is InChI=1S/C53H105NO5/c1-8-11-14-17-20-23-28-37-48-58-50(56)40-43-52(4,5)41-32-34-45-54(46-35-36-47-55)44-33-27-26-31-42-53(6,7)51(57)59-49(38-29-24-21-18-15-12-9-2)39-30-25-22-19-16-13-10-3/h49,55H,8-48H2,1-7H3. The SMILES string of the molecule is CCCCCCCCCCOC(=O)CCC(C)(C)CCCCN(CCCCO)CCCCCCC(C)(C)C(=O)OC(CCCCCCCCC)CCCCCCCCC. The van der Waals surface area contributed by atoms with E-state index in [1.54, 1.807) is 0 Å². The second-order valence-electron chi connectivity index (χ2n) is 20.0. The number of hydrogen-bond acceptors (Lipinski definition) is 6. The van der Waals surface area contributed by atoms with Gasteiger partial charge in [-0.25, -0.2) is 0 Å². The lowest BCUT2D eigenvalue weighted by Gasteiger charge is -2.27. The highest BCUT2D eigenvalue weighted by atomic mass is 16.5. The lowest BCUT2D eigenvalue weighted by atomic mass is 9.82. The number of hydrogen-bond donors (Lipinski definition) is 1. The maximum Gasteiger partial charge on any atom is 0.311 e. The van der Waals surface area contributed by atoms with E-state index in [0.29, 0.717) is 13.0 Å². The molecule has 6 heteroatoms. The molecule has 6 nitrogen and oxygen atoms in total. The second kappa shape index (κ2) is 40.9. The Morgan fingerprint density at radius 3 is 1.41 bits per heavy atom. The molecule has 352 valence electrons. The first-order chi connectivity index (χ1) is 28.5. The van der Waals surface area contributed by atoms with Crippen molar-refractivity contribution < 1.29 is 24.2 Å². The van der Waals surface area contributed by atoms with Crippen molar-refractivity contribution in [2.75, 3.05) is 32.8 Å². The van der Waals surface area contributed by atoms with Gasteiger partial charge in [0.15, 0.2) is 0 Å². The fraction of sp³-hybridized carbons (Fsp3) is 0.962. The number of unbranched alkanes of at least 4 members (excludes halogenated alkanes) is 24. The second-order valence-corrected chi connectivity index (χ2v) is 20.0. The molecule has 0 saturated carbocycles. The highest BCUT2D eigenvalue weighted by Crippen LogP contribution is 2.30. The van der Waals surface area contributed by atoms with Crippen molar-refractivity contribution in [1.82, 2.24) is 4.90 Å². The number of ether oxygens (including phenoxy) is 2. The molecule has 0 aromatic heterocycles. The average molecular weight is 836 g/mol. The van der Waals surface area contributed by atoms with Gasteiger partial charge in [-0.1, -0.05) is 182 Å². The fourth-order valence-electron chi connectivity index (χ4n) is 8.37. The number of aliphatic hydroxyl groups is 1. The first-order valence-corrected chi connectivity index (χ1v) is 26.2. The van der Waals surface area contributed by atoms with Crippen LogP contribution in [0, 0.1) is 10.8 Å². The lowest BCUT2D eigenvalue weighted by Crippen LogP contribution is -2.31. The van der Waals surface area contributed by atoms with Crippen LogP contribution in [-0.4, -0.2) is 60.9 Å². The van der Waals surface area contributed by atoms with E-state index in [2.05, 4.69) is 53.4 Å². The van der Waals surface area contributed by atoms with Gasteiger partial charge in [0, 0.05) is 13.0 Å². The van der Waals surface area contributed by atoms with Crippen LogP contribution >= 0.6 is 0 Å². The van der Waals surface area contributed by atoms with Crippen LogP contribution in [0.5, 0.6) is 0 Å². The molecule has 0 aliphatic rings. The number of nitrogens with zero attached hydrogens (tertiary/aromatic N) is 1. The predicted octanol–water partition coefficient (Wildman–Crippen LogP) is 15.9. The third-order valence-corrected chi connectivity index (χ3v) is 12.8. The van der Waals surface area contributed by atoms with E-state index in [1.807, 2.05) is 0 Å². The Morgan fingerprint density at radius 2 is 0.898 bits per heavy atom. The van der Waals surface area contributed by atoms with E-state index in [9.17, 15) is 14.7 Å². The molecule has 0 aliphatic carbocycles. The van der Waals surface area contributed by atoms with Gasteiger partial charge in [0.25, 0.3) is 0 Å². The van der Waals surface area contributed by atoms with Gasteiger partial charge < -0.3 is 19.5 Å². The molecular weight excluding hydrogens is 731 g/mol.